The van der Waals surface area contributed by atoms with E-state index in [1.165, 1.54) is 0 Å². The molecular formula is C12H16CrNO2S2. The Morgan fingerprint density at radius 3 is 1.33 bits per heavy atom. The van der Waals surface area contributed by atoms with E-state index in [9.17, 15) is 0 Å². The van der Waals surface area contributed by atoms with Crippen molar-refractivity contribution in [3.8, 4) is 0 Å². The van der Waals surface area contributed by atoms with Crippen LogP contribution in [0.15, 0.2) is 24.3 Å². The molecule has 0 bridgehead atoms. The predicted octanol–water partition coefficient (Wildman–Crippen LogP) is 1.94. The predicted molar refractivity (Wildman–Crippen MR) is 71.9 cm³/mol. The number of nitrogens with zero attached hydrogens (tertiary/aromatic N) is 1. The zero-order chi connectivity index (χ0) is 14.1. The first-order valence-corrected chi connectivity index (χ1v) is 5.79. The van der Waals surface area contributed by atoms with Crippen LogP contribution in [0.1, 0.15) is 13.8 Å². The Labute approximate surface area is 132 Å². The summed E-state index contributed by atoms with van der Waals surface area (Å²) in [4.78, 5) is 2.05. The van der Waals surface area contributed by atoms with Gasteiger partial charge in [-0.05, 0) is 13.1 Å². The van der Waals surface area contributed by atoms with Gasteiger partial charge in [-0.1, -0.05) is 38.2 Å². The fourth-order valence-electron chi connectivity index (χ4n) is 0.842. The van der Waals surface area contributed by atoms with Gasteiger partial charge in [0.25, 0.3) is 0 Å². The van der Waals surface area contributed by atoms with Crippen molar-refractivity contribution in [2.45, 2.75) is 18.6 Å². The van der Waals surface area contributed by atoms with Gasteiger partial charge in [0.2, 0.25) is 0 Å². The Morgan fingerprint density at radius 1 is 0.944 bits per heavy atom. The quantitative estimate of drug-likeness (QED) is 0.453. The van der Waals surface area contributed by atoms with Gasteiger partial charge in [0, 0.05) is 6.42 Å². The molecule has 0 saturated carbocycles. The van der Waals surface area contributed by atoms with Crippen molar-refractivity contribution < 1.29 is 26.7 Å². The molecule has 0 N–H and O–H groups in total. The van der Waals surface area contributed by atoms with Gasteiger partial charge in [-0.25, -0.2) is 4.71 Å². The van der Waals surface area contributed by atoms with Crippen molar-refractivity contribution in [1.82, 2.24) is 4.90 Å². The van der Waals surface area contributed by atoms with Crippen LogP contribution in [0.2, 0.25) is 0 Å². The summed E-state index contributed by atoms with van der Waals surface area (Å²) in [5, 5.41) is 0. The molecule has 0 atom stereocenters. The van der Waals surface area contributed by atoms with E-state index in [-0.39, 0.29) is 22.1 Å². The molecule has 0 amide bonds. The molecule has 0 aromatic carbocycles. The van der Waals surface area contributed by atoms with Gasteiger partial charge in [-0.2, -0.15) is 0 Å². The number of hydrogen-bond donors (Lipinski definition) is 0. The first-order valence-electron chi connectivity index (χ1n) is 4.85. The van der Waals surface area contributed by atoms with Crippen molar-refractivity contribution >= 4 is 25.3 Å². The molecular weight excluding hydrogens is 306 g/mol. The Kier molecular flexibility index (Phi) is 38.3. The fraction of sp³-hybridized carbons (Fsp3) is 0.417. The number of hydrogen-bond acceptors (Lipinski definition) is 3. The Hall–Kier alpha value is 0.152. The smallest absolute Gasteiger partial charge is 0.0767 e. The second kappa shape index (κ2) is 25.9. The molecule has 1 aliphatic carbocycles. The van der Waals surface area contributed by atoms with E-state index in [1.54, 1.807) is 0 Å². The maximum Gasteiger partial charge on any atom is 2.00 e. The SMILES string of the molecule is CCN(CC)C([S-])[S-].[C-]#[O+].[C-]#[O+].[CH]1C=CC=C1.[Cr+2]. The van der Waals surface area contributed by atoms with Crippen molar-refractivity contribution in [1.29, 1.82) is 0 Å². The van der Waals surface area contributed by atoms with Crippen LogP contribution in [0.4, 0.5) is 0 Å². The Bertz CT molecular complexity index is 221. The van der Waals surface area contributed by atoms with E-state index >= 15 is 0 Å². The summed E-state index contributed by atoms with van der Waals surface area (Å²) in [5.41, 5.74) is 0. The molecule has 0 aromatic rings. The summed E-state index contributed by atoms with van der Waals surface area (Å²) in [5.74, 6) is 0. The van der Waals surface area contributed by atoms with Crippen molar-refractivity contribution in [2.24, 2.45) is 0 Å². The number of rotatable bonds is 3. The topological polar surface area (TPSA) is 43.0 Å². The van der Waals surface area contributed by atoms with Crippen molar-refractivity contribution in [2.75, 3.05) is 13.1 Å². The molecule has 1 rings (SSSR count). The molecule has 0 heterocycles. The standard InChI is InChI=1S/C5H13NS2.C5H5.2CO.Cr/c1-3-6(4-2)5(7)8;1-2-4-5-3-1;2*1-2;/h5,7-8H,3-4H2,1-2H3;1-5H;;;/q;;;;+2/p-2. The summed E-state index contributed by atoms with van der Waals surface area (Å²) in [6.45, 7) is 15.1. The van der Waals surface area contributed by atoms with E-state index in [0.29, 0.717) is 0 Å². The van der Waals surface area contributed by atoms with Gasteiger partial charge in [-0.3, -0.25) is 0 Å². The first kappa shape index (κ1) is 26.7. The van der Waals surface area contributed by atoms with E-state index in [4.69, 9.17) is 34.6 Å². The van der Waals surface area contributed by atoms with Crippen LogP contribution < -0.4 is 0 Å². The molecule has 18 heavy (non-hydrogen) atoms. The molecule has 0 aliphatic heterocycles. The largest absolute Gasteiger partial charge is 2.00 e. The Balaban J connectivity index is -0.0000000847. The summed E-state index contributed by atoms with van der Waals surface area (Å²) in [6.07, 6.45) is 10.0. The minimum atomic E-state index is -0.120. The minimum absolute atomic E-state index is 0. The average molecular weight is 322 g/mol. The van der Waals surface area contributed by atoms with Crippen molar-refractivity contribution in [3.63, 3.8) is 0 Å². The molecule has 0 aromatic heterocycles. The van der Waals surface area contributed by atoms with E-state index < -0.39 is 0 Å². The van der Waals surface area contributed by atoms with Gasteiger partial charge in [0.1, 0.15) is 0 Å². The molecule has 0 fully saturated rings. The second-order valence-corrected chi connectivity index (χ2v) is 3.68. The van der Waals surface area contributed by atoms with Crippen LogP contribution in [-0.4, -0.2) is 22.7 Å². The average Bonchev–Trinajstić information content (AvgIpc) is 2.94. The maximum absolute atomic E-state index is 7.50. The summed E-state index contributed by atoms with van der Waals surface area (Å²) in [6, 6.07) is 0. The van der Waals surface area contributed by atoms with Crippen LogP contribution in [-0.2, 0) is 51.9 Å². The van der Waals surface area contributed by atoms with Gasteiger partial charge in [0.05, 0.1) is 0 Å². The molecule has 99 valence electrons. The van der Waals surface area contributed by atoms with Gasteiger partial charge in [0.15, 0.2) is 0 Å². The van der Waals surface area contributed by atoms with Crippen LogP contribution in [0.5, 0.6) is 0 Å². The summed E-state index contributed by atoms with van der Waals surface area (Å²) < 4.78 is 14.9. The Morgan fingerprint density at radius 2 is 1.28 bits per heavy atom. The third kappa shape index (κ3) is 21.4. The minimum Gasteiger partial charge on any atom is -0.0767 e. The van der Waals surface area contributed by atoms with Gasteiger partial charge < -0.3 is 30.2 Å². The van der Waals surface area contributed by atoms with Gasteiger partial charge >= 0.3 is 40.0 Å². The van der Waals surface area contributed by atoms with Crippen LogP contribution >= 0.6 is 0 Å². The molecule has 0 saturated heterocycles. The first-order chi connectivity index (χ1) is 8.22. The van der Waals surface area contributed by atoms with E-state index in [1.807, 2.05) is 35.6 Å². The van der Waals surface area contributed by atoms with E-state index in [0.717, 1.165) is 13.1 Å². The van der Waals surface area contributed by atoms with Crippen LogP contribution in [0.3, 0.4) is 0 Å². The third-order valence-electron chi connectivity index (χ3n) is 1.67. The molecule has 0 spiro atoms. The zero-order valence-corrected chi connectivity index (χ0v) is 13.3. The monoisotopic (exact) mass is 322 g/mol. The zero-order valence-electron chi connectivity index (χ0n) is 10.4. The number of allylic oxidation sites excluding steroid dienone is 4. The summed E-state index contributed by atoms with van der Waals surface area (Å²) >= 11 is 9.68. The molecule has 1 aliphatic rings. The third-order valence-corrected chi connectivity index (χ3v) is 2.26. The summed E-state index contributed by atoms with van der Waals surface area (Å²) in [7, 11) is 0. The molecule has 1 radical (unpaired) electrons. The van der Waals surface area contributed by atoms with Crippen LogP contribution in [0, 0.1) is 19.7 Å². The normalized spacial score (nSPS) is 10.1. The van der Waals surface area contributed by atoms with Gasteiger partial charge in [-0.15, -0.1) is 0 Å². The van der Waals surface area contributed by atoms with Crippen LogP contribution in [0.25, 0.3) is 0 Å². The maximum atomic E-state index is 7.50. The van der Waals surface area contributed by atoms with E-state index in [2.05, 4.69) is 27.1 Å². The van der Waals surface area contributed by atoms with Crippen molar-refractivity contribution in [3.05, 3.63) is 44.0 Å². The molecule has 0 unspecified atom stereocenters. The fourth-order valence-corrected chi connectivity index (χ4v) is 1.44. The molecule has 6 heteroatoms. The second-order valence-electron chi connectivity index (χ2n) is 2.49. The molecule has 3 nitrogen and oxygen atoms in total.